The monoisotopic (exact) mass is 1110 g/mol. The predicted octanol–water partition coefficient (Wildman–Crippen LogP) is 11.4. The number of rotatable bonds is 10. The topological polar surface area (TPSA) is 183 Å². The molecule has 0 spiro atoms. The van der Waals surface area contributed by atoms with E-state index in [1.807, 2.05) is 93.6 Å². The zero-order valence-corrected chi connectivity index (χ0v) is 47.4. The number of nitriles is 2. The lowest BCUT2D eigenvalue weighted by Crippen LogP contribution is -2.34. The van der Waals surface area contributed by atoms with Crippen molar-refractivity contribution in [2.75, 3.05) is 80.8 Å². The highest BCUT2D eigenvalue weighted by atomic mass is 127. The number of halogens is 1. The minimum Gasteiger partial charge on any atom is -0.508 e. The number of allylic oxidation sites excluding steroid dienone is 4. The van der Waals surface area contributed by atoms with Crippen LogP contribution in [0.25, 0.3) is 0 Å². The fraction of sp³-hybridized carbons (Fsp3) is 0.458. The molecule has 0 radical (unpaired) electrons. The van der Waals surface area contributed by atoms with Crippen LogP contribution in [0.4, 0.5) is 0 Å². The van der Waals surface area contributed by atoms with E-state index in [4.69, 9.17) is 35.3 Å². The second-order valence-electron chi connectivity index (χ2n) is 16.1. The summed E-state index contributed by atoms with van der Waals surface area (Å²) >= 11 is -0.898. The molecule has 72 heavy (non-hydrogen) atoms. The van der Waals surface area contributed by atoms with E-state index < -0.39 is 21.2 Å². The van der Waals surface area contributed by atoms with Gasteiger partial charge in [-0.2, -0.15) is 10.5 Å². The molecule has 7 rings (SSSR count). The van der Waals surface area contributed by atoms with Crippen molar-refractivity contribution in [3.63, 3.8) is 0 Å². The first kappa shape index (κ1) is 71.2. The molecule has 4 aromatic carbocycles. The summed E-state index contributed by atoms with van der Waals surface area (Å²) in [5.41, 5.74) is 5.42. The molecule has 0 aliphatic carbocycles. The number of piperidine rings is 1. The molecule has 400 valence electrons. The molecular formula is C59H91IN6O6. The Labute approximate surface area is 446 Å². The van der Waals surface area contributed by atoms with Gasteiger partial charge >= 0.3 is 0 Å². The Kier molecular flexibility index (Phi) is 53.1. The summed E-state index contributed by atoms with van der Waals surface area (Å²) in [4.78, 5) is 2.13. The van der Waals surface area contributed by atoms with E-state index in [1.54, 1.807) is 50.6 Å². The van der Waals surface area contributed by atoms with Crippen molar-refractivity contribution in [2.24, 2.45) is 5.92 Å². The molecule has 0 amide bonds. The van der Waals surface area contributed by atoms with Crippen molar-refractivity contribution >= 4 is 21.2 Å². The number of nitrogens with one attached hydrogen (secondary N) is 3. The SMILES string of the molecule is C1CCNC1.C=C(/C=C\C(C#N)=C/C)N1CCC(I=O)C1.CC(C)C#N.CCNCC(OC)c1ccccc1.CO.CO.COC1CCCNC1.Cc1ccc(C)cc1.Oc1ccccc1.c1ccccc1. The van der Waals surface area contributed by atoms with Crippen molar-refractivity contribution in [1.82, 2.24) is 20.9 Å². The summed E-state index contributed by atoms with van der Waals surface area (Å²) in [6.07, 6.45) is 12.3. The third-order valence-corrected chi connectivity index (χ3v) is 11.8. The number of methoxy groups -OCH3 is 2. The standard InChI is InChI=1S/C12H15IN2O.C11H17NO.C8H10.C6H13NO.C6H6O.C6H6.C4H9N.C4H7N.2CH4O/c1-3-11(8-14)5-4-10(2)15-7-6-12(9-15)13-16;1-3-12-9-11(13-2)10-7-5-4-6-8-10;1-7-3-5-8(2)6-4-7;1-8-6-3-2-4-7-5-6;7-6-4-2-1-3-5-6;1-2-4-6-5-3-1;1-2-4-5-3-1;1-4(2)3-5;2*1-2/h3-5,12H,2,6-7,9H2,1H3;4-8,11-12H,3,9H2,1-2H3;3-6H,1-2H3;6-7H,2-5H2,1H3;1-5,7H;1-6H;5H,1-4H2;4H,1-2H3;2*2H,1H3/b5-4-,11-3+;;;;;;;;;. The molecule has 0 bridgehead atoms. The Bertz CT molecular complexity index is 1880. The molecule has 3 heterocycles. The first-order valence-corrected chi connectivity index (χ1v) is 26.8. The molecule has 0 aromatic heterocycles. The highest BCUT2D eigenvalue weighted by Crippen LogP contribution is 2.24. The van der Waals surface area contributed by atoms with E-state index in [0.717, 1.165) is 59.1 Å². The largest absolute Gasteiger partial charge is 0.508 e. The Morgan fingerprint density at radius 1 is 0.806 bits per heavy atom. The summed E-state index contributed by atoms with van der Waals surface area (Å²) < 4.78 is 21.7. The zero-order chi connectivity index (χ0) is 54.5. The van der Waals surface area contributed by atoms with Crippen molar-refractivity contribution in [1.29, 1.82) is 10.5 Å². The van der Waals surface area contributed by atoms with Gasteiger partial charge in [0.15, 0.2) is 0 Å². The molecule has 13 heteroatoms. The van der Waals surface area contributed by atoms with Crippen molar-refractivity contribution in [3.05, 3.63) is 174 Å². The van der Waals surface area contributed by atoms with Crippen molar-refractivity contribution in [3.8, 4) is 17.9 Å². The van der Waals surface area contributed by atoms with Gasteiger partial charge < -0.3 is 45.6 Å². The number of alkyl halides is 1. The van der Waals surface area contributed by atoms with Crippen LogP contribution in [0.15, 0.2) is 157 Å². The number of para-hydroxylation sites is 1. The molecule has 3 fully saturated rings. The third kappa shape index (κ3) is 43.7. The lowest BCUT2D eigenvalue weighted by atomic mass is 10.1. The summed E-state index contributed by atoms with van der Waals surface area (Å²) in [5, 5.41) is 49.0. The van der Waals surface area contributed by atoms with Crippen LogP contribution in [0.2, 0.25) is 0 Å². The average molecular weight is 1110 g/mol. The maximum Gasteiger partial charge on any atom is 0.149 e. The highest BCUT2D eigenvalue weighted by molar-refractivity contribution is 14.1. The van der Waals surface area contributed by atoms with E-state index in [0.29, 0.717) is 21.4 Å². The normalized spacial score (nSPS) is 15.3. The summed E-state index contributed by atoms with van der Waals surface area (Å²) in [5.74, 6) is 0.512. The van der Waals surface area contributed by atoms with Gasteiger partial charge in [-0.3, -0.25) is 3.07 Å². The summed E-state index contributed by atoms with van der Waals surface area (Å²) in [6, 6.07) is 43.6. The number of aliphatic hydroxyl groups is 2. The van der Waals surface area contributed by atoms with Gasteiger partial charge in [0, 0.05) is 71.8 Å². The van der Waals surface area contributed by atoms with E-state index >= 15 is 0 Å². The van der Waals surface area contributed by atoms with E-state index in [-0.39, 0.29) is 12.0 Å². The second kappa shape index (κ2) is 53.7. The smallest absolute Gasteiger partial charge is 0.149 e. The van der Waals surface area contributed by atoms with E-state index in [9.17, 15) is 3.07 Å². The number of hydrogen-bond donors (Lipinski definition) is 6. The molecule has 6 N–H and O–H groups in total. The quantitative estimate of drug-likeness (QED) is 0.0383. The number of likely N-dealkylation sites (tertiary alicyclic amines) is 1. The lowest BCUT2D eigenvalue weighted by molar-refractivity contribution is 0.0810. The Balaban J connectivity index is -0.000000771. The van der Waals surface area contributed by atoms with Gasteiger partial charge in [-0.1, -0.05) is 140 Å². The van der Waals surface area contributed by atoms with Crippen molar-refractivity contribution < 1.29 is 27.9 Å². The molecule has 3 aliphatic rings. The number of nitrogens with zero attached hydrogens (tertiary/aromatic N) is 3. The highest BCUT2D eigenvalue weighted by Gasteiger charge is 2.22. The third-order valence-electron chi connectivity index (χ3n) is 10.0. The number of aryl methyl sites for hydroxylation is 2. The molecule has 3 atom stereocenters. The van der Waals surface area contributed by atoms with Gasteiger partial charge in [0.05, 0.1) is 28.3 Å². The van der Waals surface area contributed by atoms with Gasteiger partial charge in [-0.15, -0.1) is 0 Å². The lowest BCUT2D eigenvalue weighted by Gasteiger charge is -2.20. The van der Waals surface area contributed by atoms with Gasteiger partial charge in [0.2, 0.25) is 0 Å². The average Bonchev–Trinajstić information content (AvgIpc) is 4.21. The Hall–Kier alpha value is -5.07. The number of likely N-dealkylation sites (N-methyl/N-ethyl adjacent to an activating group) is 1. The van der Waals surface area contributed by atoms with Crippen LogP contribution in [-0.2, 0) is 12.5 Å². The van der Waals surface area contributed by atoms with Crippen LogP contribution in [0, 0.1) is 42.4 Å². The van der Waals surface area contributed by atoms with Crippen LogP contribution in [-0.4, -0.2) is 111 Å². The van der Waals surface area contributed by atoms with Crippen molar-refractivity contribution in [2.45, 2.75) is 89.8 Å². The van der Waals surface area contributed by atoms with Gasteiger partial charge in [-0.05, 0) is 123 Å². The molecule has 3 saturated heterocycles. The number of aromatic hydroxyl groups is 1. The maximum atomic E-state index is 10.8. The molecule has 0 saturated carbocycles. The van der Waals surface area contributed by atoms with E-state index in [1.165, 1.54) is 62.0 Å². The molecule has 3 unspecified atom stereocenters. The maximum absolute atomic E-state index is 10.8. The number of benzene rings is 4. The number of phenolic OH excluding ortho intramolecular Hbond substituents is 1. The Morgan fingerprint density at radius 3 is 1.61 bits per heavy atom. The Morgan fingerprint density at radius 2 is 1.29 bits per heavy atom. The van der Waals surface area contributed by atoms with Gasteiger partial charge in [0.1, 0.15) is 26.9 Å². The first-order chi connectivity index (χ1) is 35.0. The minimum absolute atomic E-state index is 0.168. The molecular weight excluding hydrogens is 1020 g/mol. The number of hydrogen-bond acceptors (Lipinski definition) is 12. The minimum atomic E-state index is -0.898. The van der Waals surface area contributed by atoms with E-state index in [2.05, 4.69) is 90.7 Å². The number of ether oxygens (including phenoxy) is 2. The second-order valence-corrected chi connectivity index (χ2v) is 18.4. The van der Waals surface area contributed by atoms with Crippen LogP contribution < -0.4 is 16.0 Å². The molecule has 3 aliphatic heterocycles. The van der Waals surface area contributed by atoms with Crippen LogP contribution in [0.3, 0.4) is 0 Å². The van der Waals surface area contributed by atoms with Gasteiger partial charge in [0.25, 0.3) is 0 Å². The number of aliphatic hydroxyl groups excluding tert-OH is 2. The fourth-order valence-corrected chi connectivity index (χ4v) is 7.09. The molecule has 12 nitrogen and oxygen atoms in total. The van der Waals surface area contributed by atoms with Gasteiger partial charge in [-0.25, -0.2) is 0 Å². The molecule has 4 aromatic rings. The number of phenols is 1. The zero-order valence-electron chi connectivity index (χ0n) is 45.3. The van der Waals surface area contributed by atoms with Crippen LogP contribution in [0.5, 0.6) is 5.75 Å². The first-order valence-electron chi connectivity index (χ1n) is 24.7. The summed E-state index contributed by atoms with van der Waals surface area (Å²) in [6.45, 7) is 24.1. The summed E-state index contributed by atoms with van der Waals surface area (Å²) in [7, 11) is 5.52. The van der Waals surface area contributed by atoms with Crippen LogP contribution in [0.1, 0.15) is 82.6 Å². The fourth-order valence-electron chi connectivity index (χ4n) is 5.92. The van der Waals surface area contributed by atoms with Crippen LogP contribution >= 0.6 is 21.2 Å². The predicted molar refractivity (Wildman–Crippen MR) is 309 cm³/mol.